The van der Waals surface area contributed by atoms with Crippen molar-refractivity contribution < 1.29 is 4.74 Å². The van der Waals surface area contributed by atoms with Crippen LogP contribution in [0.2, 0.25) is 5.02 Å². The number of ether oxygens (including phenoxy) is 1. The van der Waals surface area contributed by atoms with E-state index in [-0.39, 0.29) is 0 Å². The molecule has 0 spiro atoms. The van der Waals surface area contributed by atoms with Gasteiger partial charge in [-0.3, -0.25) is 0 Å². The van der Waals surface area contributed by atoms with Crippen molar-refractivity contribution in [2.45, 2.75) is 25.8 Å². The normalized spacial score (nSPS) is 15.4. The van der Waals surface area contributed by atoms with Gasteiger partial charge in [0, 0.05) is 41.0 Å². The van der Waals surface area contributed by atoms with Gasteiger partial charge in [-0.1, -0.05) is 35.9 Å². The van der Waals surface area contributed by atoms with Gasteiger partial charge in [0.2, 0.25) is 0 Å². The van der Waals surface area contributed by atoms with Crippen LogP contribution in [0.1, 0.15) is 24.2 Å². The molecule has 0 amide bonds. The second-order valence-corrected chi connectivity index (χ2v) is 7.60. The summed E-state index contributed by atoms with van der Waals surface area (Å²) < 4.78 is 10.1. The number of aromatic nitrogens is 4. The van der Waals surface area contributed by atoms with E-state index in [1.165, 1.54) is 5.56 Å². The van der Waals surface area contributed by atoms with Gasteiger partial charge in [0.15, 0.2) is 0 Å². The summed E-state index contributed by atoms with van der Waals surface area (Å²) >= 11 is 6.15. The van der Waals surface area contributed by atoms with Gasteiger partial charge in [-0.15, -0.1) is 0 Å². The maximum atomic E-state index is 6.15. The number of nitrogens with zero attached hydrogens (tertiary/aromatic N) is 4. The highest BCUT2D eigenvalue weighted by Gasteiger charge is 2.31. The molecule has 2 heterocycles. The first-order valence-electron chi connectivity index (χ1n) is 9.81. The monoisotopic (exact) mass is 404 g/mol. The summed E-state index contributed by atoms with van der Waals surface area (Å²) in [6.07, 6.45) is 7.54. The molecule has 29 heavy (non-hydrogen) atoms. The van der Waals surface area contributed by atoms with Gasteiger partial charge in [0.05, 0.1) is 24.3 Å². The molecule has 5 nitrogen and oxygen atoms in total. The van der Waals surface area contributed by atoms with Crippen LogP contribution < -0.4 is 4.74 Å². The Morgan fingerprint density at radius 3 is 2.69 bits per heavy atom. The van der Waals surface area contributed by atoms with Crippen molar-refractivity contribution in [3.63, 3.8) is 0 Å². The quantitative estimate of drug-likeness (QED) is 0.463. The molecule has 1 atom stereocenters. The van der Waals surface area contributed by atoms with Crippen LogP contribution in [0, 0.1) is 0 Å². The lowest BCUT2D eigenvalue weighted by Gasteiger charge is -2.16. The topological polar surface area (TPSA) is 44.9 Å². The summed E-state index contributed by atoms with van der Waals surface area (Å²) in [5.41, 5.74) is 5.55. The molecule has 1 aliphatic rings. The van der Waals surface area contributed by atoms with Crippen molar-refractivity contribution in [1.82, 2.24) is 19.3 Å². The number of para-hydroxylation sites is 2. The molecule has 0 fully saturated rings. The van der Waals surface area contributed by atoms with E-state index in [0.29, 0.717) is 12.6 Å². The summed E-state index contributed by atoms with van der Waals surface area (Å²) in [4.78, 5) is 4.21. The fraction of sp³-hybridized carbons (Fsp3) is 0.217. The zero-order chi connectivity index (χ0) is 19.8. The fourth-order valence-electron chi connectivity index (χ4n) is 4.09. The molecule has 5 rings (SSSR count). The number of imidazole rings is 1. The van der Waals surface area contributed by atoms with E-state index in [1.807, 2.05) is 60.7 Å². The van der Waals surface area contributed by atoms with Gasteiger partial charge in [-0.2, -0.15) is 5.10 Å². The zero-order valence-electron chi connectivity index (χ0n) is 16.1. The smallest absolute Gasteiger partial charge is 0.144 e. The van der Waals surface area contributed by atoms with Gasteiger partial charge >= 0.3 is 0 Å². The highest BCUT2D eigenvalue weighted by molar-refractivity contribution is 6.30. The van der Waals surface area contributed by atoms with Gasteiger partial charge in [0.1, 0.15) is 11.4 Å². The summed E-state index contributed by atoms with van der Waals surface area (Å²) in [5.74, 6) is 0.831. The van der Waals surface area contributed by atoms with E-state index in [1.54, 1.807) is 0 Å². The molecular weight excluding hydrogens is 384 g/mol. The predicted octanol–water partition coefficient (Wildman–Crippen LogP) is 5.13. The minimum absolute atomic E-state index is 0.345. The first kappa shape index (κ1) is 18.0. The third-order valence-electron chi connectivity index (χ3n) is 5.39. The second-order valence-electron chi connectivity index (χ2n) is 7.17. The summed E-state index contributed by atoms with van der Waals surface area (Å²) in [7, 11) is 0. The average molecular weight is 405 g/mol. The molecule has 2 aromatic heterocycles. The summed E-state index contributed by atoms with van der Waals surface area (Å²) in [6, 6.07) is 16.4. The van der Waals surface area contributed by atoms with Crippen molar-refractivity contribution in [2.75, 3.05) is 6.61 Å². The SMILES string of the molecule is CCOc1ccccc1-n1nc2c(c1-c1ccc(Cl)cc1)C[C@@H](n1ccnc1)C2. The van der Waals surface area contributed by atoms with Crippen LogP contribution in [0.5, 0.6) is 5.75 Å². The lowest BCUT2D eigenvalue weighted by Crippen LogP contribution is -2.10. The molecule has 0 saturated heterocycles. The molecule has 4 aromatic rings. The van der Waals surface area contributed by atoms with Gasteiger partial charge in [0.25, 0.3) is 0 Å². The Morgan fingerprint density at radius 2 is 1.93 bits per heavy atom. The molecule has 0 saturated carbocycles. The van der Waals surface area contributed by atoms with Crippen LogP contribution in [0.25, 0.3) is 16.9 Å². The number of benzene rings is 2. The third-order valence-corrected chi connectivity index (χ3v) is 5.64. The number of halogens is 1. The lowest BCUT2D eigenvalue weighted by atomic mass is 10.1. The number of hydrogen-bond donors (Lipinski definition) is 0. The molecule has 0 aliphatic heterocycles. The lowest BCUT2D eigenvalue weighted by molar-refractivity contribution is 0.338. The highest BCUT2D eigenvalue weighted by atomic mass is 35.5. The molecule has 0 radical (unpaired) electrons. The molecular formula is C23H21ClN4O. The van der Waals surface area contributed by atoms with Crippen molar-refractivity contribution in [3.05, 3.63) is 83.5 Å². The van der Waals surface area contributed by atoms with Crippen molar-refractivity contribution in [1.29, 1.82) is 0 Å². The molecule has 146 valence electrons. The molecule has 0 unspecified atom stereocenters. The Balaban J connectivity index is 1.66. The Bertz CT molecular complexity index is 1130. The van der Waals surface area contributed by atoms with Crippen molar-refractivity contribution in [3.8, 4) is 22.7 Å². The van der Waals surface area contributed by atoms with Crippen LogP contribution in [-0.2, 0) is 12.8 Å². The van der Waals surface area contributed by atoms with Gasteiger partial charge in [-0.05, 0) is 37.6 Å². The maximum Gasteiger partial charge on any atom is 0.144 e. The predicted molar refractivity (Wildman–Crippen MR) is 114 cm³/mol. The first-order valence-corrected chi connectivity index (χ1v) is 10.2. The van der Waals surface area contributed by atoms with Crippen LogP contribution in [-0.4, -0.2) is 25.9 Å². The fourth-order valence-corrected chi connectivity index (χ4v) is 4.22. The molecule has 0 bridgehead atoms. The summed E-state index contributed by atoms with van der Waals surface area (Å²) in [5, 5.41) is 5.76. The first-order chi connectivity index (χ1) is 14.2. The van der Waals surface area contributed by atoms with E-state index in [2.05, 4.69) is 27.8 Å². The maximum absolute atomic E-state index is 6.15. The average Bonchev–Trinajstić information content (AvgIpc) is 3.45. The molecule has 2 aromatic carbocycles. The summed E-state index contributed by atoms with van der Waals surface area (Å²) in [6.45, 7) is 2.60. The molecule has 0 N–H and O–H groups in total. The van der Waals surface area contributed by atoms with Crippen molar-refractivity contribution in [2.24, 2.45) is 0 Å². The van der Waals surface area contributed by atoms with E-state index in [4.69, 9.17) is 21.4 Å². The number of fused-ring (bicyclic) bond motifs is 1. The standard InChI is InChI=1S/C23H21ClN4O/c1-2-29-22-6-4-3-5-21(22)28-23(16-7-9-17(24)10-8-16)19-13-18(14-20(19)26-28)27-12-11-25-15-27/h3-12,15,18H,2,13-14H2,1H3/t18-/m1/s1. The number of rotatable bonds is 5. The highest BCUT2D eigenvalue weighted by Crippen LogP contribution is 2.39. The van der Waals surface area contributed by atoms with E-state index < -0.39 is 0 Å². The number of hydrogen-bond acceptors (Lipinski definition) is 3. The Morgan fingerprint density at radius 1 is 1.10 bits per heavy atom. The van der Waals surface area contributed by atoms with Crippen LogP contribution >= 0.6 is 11.6 Å². The largest absolute Gasteiger partial charge is 0.492 e. The Hall–Kier alpha value is -3.05. The molecule has 6 heteroatoms. The second kappa shape index (κ2) is 7.41. The molecule has 1 aliphatic carbocycles. The van der Waals surface area contributed by atoms with Crippen LogP contribution in [0.3, 0.4) is 0 Å². The van der Waals surface area contributed by atoms with E-state index in [9.17, 15) is 0 Å². The van der Waals surface area contributed by atoms with E-state index in [0.717, 1.165) is 46.3 Å². The Kier molecular flexibility index (Phi) is 4.60. The van der Waals surface area contributed by atoms with Crippen LogP contribution in [0.15, 0.2) is 67.3 Å². The van der Waals surface area contributed by atoms with Crippen molar-refractivity contribution >= 4 is 11.6 Å². The third kappa shape index (κ3) is 3.21. The van der Waals surface area contributed by atoms with E-state index >= 15 is 0 Å². The van der Waals surface area contributed by atoms with Gasteiger partial charge < -0.3 is 9.30 Å². The van der Waals surface area contributed by atoms with Gasteiger partial charge in [-0.25, -0.2) is 9.67 Å². The van der Waals surface area contributed by atoms with Crippen LogP contribution in [0.4, 0.5) is 0 Å². The zero-order valence-corrected chi connectivity index (χ0v) is 16.9. The minimum atomic E-state index is 0.345. The minimum Gasteiger partial charge on any atom is -0.492 e. The Labute approximate surface area is 174 Å².